The first kappa shape index (κ1) is 13.4. The highest BCUT2D eigenvalue weighted by molar-refractivity contribution is 5.90. The fourth-order valence-electron chi connectivity index (χ4n) is 2.38. The minimum absolute atomic E-state index is 0.671. The summed E-state index contributed by atoms with van der Waals surface area (Å²) in [7, 11) is 7.03. The molecule has 19 heavy (non-hydrogen) atoms. The number of nitrogens with zero attached hydrogens (tertiary/aromatic N) is 2. The zero-order valence-corrected chi connectivity index (χ0v) is 11.5. The van der Waals surface area contributed by atoms with E-state index in [4.69, 9.17) is 4.74 Å². The molecular weight excluding hydrogens is 244 g/mol. The van der Waals surface area contributed by atoms with Gasteiger partial charge in [0, 0.05) is 29.7 Å². The van der Waals surface area contributed by atoms with Crippen LogP contribution >= 0.6 is 0 Å². The van der Waals surface area contributed by atoms with Gasteiger partial charge in [-0.1, -0.05) is 0 Å². The maximum Gasteiger partial charge on any atom is 0.325 e. The Morgan fingerprint density at radius 1 is 1.42 bits per heavy atom. The summed E-state index contributed by atoms with van der Waals surface area (Å²) in [6.45, 7) is 0. The summed E-state index contributed by atoms with van der Waals surface area (Å²) in [4.78, 5) is 13.2. The van der Waals surface area contributed by atoms with E-state index in [0.29, 0.717) is 0 Å². The lowest BCUT2D eigenvalue weighted by atomic mass is 10.0. The molecule has 5 heteroatoms. The third kappa shape index (κ3) is 2.29. The van der Waals surface area contributed by atoms with Crippen molar-refractivity contribution in [2.45, 2.75) is 6.04 Å². The number of aliphatic carboxylic acids is 1. The van der Waals surface area contributed by atoms with Crippen molar-refractivity contribution >= 4 is 16.9 Å². The van der Waals surface area contributed by atoms with Gasteiger partial charge >= 0.3 is 5.97 Å². The normalized spacial score (nSPS) is 12.9. The smallest absolute Gasteiger partial charge is 0.325 e. The van der Waals surface area contributed by atoms with Gasteiger partial charge in [-0.2, -0.15) is 0 Å². The molecule has 0 spiro atoms. The number of hydrogen-bond donors (Lipinski definition) is 1. The molecule has 5 nitrogen and oxygen atoms in total. The van der Waals surface area contributed by atoms with Crippen molar-refractivity contribution in [1.82, 2.24) is 9.47 Å². The molecule has 0 fully saturated rings. The topological polar surface area (TPSA) is 54.7 Å². The number of carboxylic acids is 1. The maximum absolute atomic E-state index is 11.5. The number of aryl methyl sites for hydroxylation is 1. The number of aromatic nitrogens is 1. The summed E-state index contributed by atoms with van der Waals surface area (Å²) in [5, 5.41) is 10.3. The molecule has 1 heterocycles. The number of carboxylic acid groups (broad SMARTS) is 1. The summed E-state index contributed by atoms with van der Waals surface area (Å²) in [6.07, 6.45) is 1.86. The Balaban J connectivity index is 2.68. The predicted molar refractivity (Wildman–Crippen MR) is 73.5 cm³/mol. The zero-order valence-electron chi connectivity index (χ0n) is 11.5. The van der Waals surface area contributed by atoms with Crippen LogP contribution in [0.2, 0.25) is 0 Å². The Morgan fingerprint density at radius 2 is 2.11 bits per heavy atom. The van der Waals surface area contributed by atoms with Gasteiger partial charge in [0.05, 0.1) is 7.11 Å². The molecule has 0 aliphatic rings. The van der Waals surface area contributed by atoms with Gasteiger partial charge in [0.1, 0.15) is 11.8 Å². The number of carbonyl (C=O) groups is 1. The lowest BCUT2D eigenvalue weighted by Gasteiger charge is -2.19. The SMILES string of the molecule is COc1ccc2c(c1)c(C(C(=O)O)N(C)C)cn2C. The molecule has 0 aliphatic heterocycles. The van der Waals surface area contributed by atoms with E-state index < -0.39 is 12.0 Å². The Morgan fingerprint density at radius 3 is 2.63 bits per heavy atom. The predicted octanol–water partition coefficient (Wildman–Crippen LogP) is 1.87. The van der Waals surface area contributed by atoms with Crippen LogP contribution in [-0.4, -0.2) is 41.7 Å². The molecule has 1 unspecified atom stereocenters. The third-order valence-electron chi connectivity index (χ3n) is 3.27. The highest BCUT2D eigenvalue weighted by Gasteiger charge is 2.26. The van der Waals surface area contributed by atoms with E-state index in [1.165, 1.54) is 0 Å². The number of methoxy groups -OCH3 is 1. The summed E-state index contributed by atoms with van der Waals surface area (Å²) in [5.41, 5.74) is 1.76. The van der Waals surface area contributed by atoms with Crippen LogP contribution in [0.25, 0.3) is 10.9 Å². The van der Waals surface area contributed by atoms with E-state index in [9.17, 15) is 9.90 Å². The second kappa shape index (κ2) is 4.93. The summed E-state index contributed by atoms with van der Waals surface area (Å²) < 4.78 is 7.15. The van der Waals surface area contributed by atoms with E-state index in [-0.39, 0.29) is 0 Å². The molecule has 0 radical (unpaired) electrons. The summed E-state index contributed by atoms with van der Waals surface area (Å²) in [5.74, 6) is -0.136. The van der Waals surface area contributed by atoms with Gasteiger partial charge in [-0.05, 0) is 32.3 Å². The molecule has 2 aromatic rings. The van der Waals surface area contributed by atoms with E-state index in [0.717, 1.165) is 22.2 Å². The maximum atomic E-state index is 11.5. The second-order valence-corrected chi connectivity index (χ2v) is 4.78. The molecule has 1 atom stereocenters. The van der Waals surface area contributed by atoms with Crippen molar-refractivity contribution in [1.29, 1.82) is 0 Å². The Labute approximate surface area is 112 Å². The number of hydrogen-bond acceptors (Lipinski definition) is 3. The Bertz CT molecular complexity index is 616. The van der Waals surface area contributed by atoms with Crippen molar-refractivity contribution in [2.75, 3.05) is 21.2 Å². The van der Waals surface area contributed by atoms with Crippen LogP contribution in [0.1, 0.15) is 11.6 Å². The molecule has 0 aliphatic carbocycles. The lowest BCUT2D eigenvalue weighted by molar-refractivity contribution is -0.142. The van der Waals surface area contributed by atoms with Crippen LogP contribution in [0.15, 0.2) is 24.4 Å². The van der Waals surface area contributed by atoms with Crippen LogP contribution in [0.3, 0.4) is 0 Å². The monoisotopic (exact) mass is 262 g/mol. The van der Waals surface area contributed by atoms with E-state index in [1.807, 2.05) is 36.0 Å². The van der Waals surface area contributed by atoms with Gasteiger partial charge in [0.15, 0.2) is 0 Å². The molecule has 0 saturated carbocycles. The van der Waals surface area contributed by atoms with Crippen LogP contribution in [0.4, 0.5) is 0 Å². The highest BCUT2D eigenvalue weighted by atomic mass is 16.5. The summed E-state index contributed by atoms with van der Waals surface area (Å²) >= 11 is 0. The molecule has 102 valence electrons. The fourth-order valence-corrected chi connectivity index (χ4v) is 2.38. The van der Waals surface area contributed by atoms with Gasteiger partial charge in [0.25, 0.3) is 0 Å². The number of fused-ring (bicyclic) bond motifs is 1. The van der Waals surface area contributed by atoms with E-state index in [2.05, 4.69) is 0 Å². The fraction of sp³-hybridized carbons (Fsp3) is 0.357. The molecule has 1 aromatic heterocycles. The first-order valence-corrected chi connectivity index (χ1v) is 5.98. The van der Waals surface area contributed by atoms with Crippen molar-refractivity contribution < 1.29 is 14.6 Å². The number of ether oxygens (including phenoxy) is 1. The van der Waals surface area contributed by atoms with Crippen molar-refractivity contribution in [3.8, 4) is 5.75 Å². The van der Waals surface area contributed by atoms with Gasteiger partial charge in [-0.25, -0.2) is 0 Å². The molecule has 0 saturated heterocycles. The van der Waals surface area contributed by atoms with Crippen LogP contribution < -0.4 is 4.74 Å². The minimum Gasteiger partial charge on any atom is -0.497 e. The average Bonchev–Trinajstić information content (AvgIpc) is 2.65. The number of benzene rings is 1. The Hall–Kier alpha value is -2.01. The first-order chi connectivity index (χ1) is 8.95. The standard InChI is InChI=1S/C14H18N2O3/c1-15(2)13(14(17)18)11-8-16(3)12-6-5-9(19-4)7-10(11)12/h5-8,13H,1-4H3,(H,17,18). The van der Waals surface area contributed by atoms with Gasteiger partial charge < -0.3 is 14.4 Å². The van der Waals surface area contributed by atoms with Gasteiger partial charge in [0.2, 0.25) is 0 Å². The van der Waals surface area contributed by atoms with Crippen LogP contribution in [0, 0.1) is 0 Å². The second-order valence-electron chi connectivity index (χ2n) is 4.78. The van der Waals surface area contributed by atoms with Crippen molar-refractivity contribution in [2.24, 2.45) is 7.05 Å². The third-order valence-corrected chi connectivity index (χ3v) is 3.27. The number of likely N-dealkylation sites (N-methyl/N-ethyl adjacent to an activating group) is 1. The molecule has 1 aromatic carbocycles. The van der Waals surface area contributed by atoms with E-state index >= 15 is 0 Å². The van der Waals surface area contributed by atoms with Crippen LogP contribution in [-0.2, 0) is 11.8 Å². The average molecular weight is 262 g/mol. The molecular formula is C14H18N2O3. The number of rotatable bonds is 4. The van der Waals surface area contributed by atoms with Gasteiger partial charge in [-0.15, -0.1) is 0 Å². The highest BCUT2D eigenvalue weighted by Crippen LogP contribution is 2.31. The summed E-state index contributed by atoms with van der Waals surface area (Å²) in [6, 6.07) is 5.02. The zero-order chi connectivity index (χ0) is 14.2. The van der Waals surface area contributed by atoms with Crippen molar-refractivity contribution in [3.63, 3.8) is 0 Å². The minimum atomic E-state index is -0.861. The van der Waals surface area contributed by atoms with Crippen LogP contribution in [0.5, 0.6) is 5.75 Å². The van der Waals surface area contributed by atoms with E-state index in [1.54, 1.807) is 26.1 Å². The quantitative estimate of drug-likeness (QED) is 0.914. The largest absolute Gasteiger partial charge is 0.497 e. The molecule has 2 rings (SSSR count). The van der Waals surface area contributed by atoms with Gasteiger partial charge in [-0.3, -0.25) is 9.69 Å². The molecule has 0 amide bonds. The molecule has 1 N–H and O–H groups in total. The lowest BCUT2D eigenvalue weighted by Crippen LogP contribution is -2.27. The first-order valence-electron chi connectivity index (χ1n) is 5.98. The molecule has 0 bridgehead atoms. The van der Waals surface area contributed by atoms with Crippen molar-refractivity contribution in [3.05, 3.63) is 30.0 Å². The Kier molecular flexibility index (Phi) is 3.48.